The maximum Gasteiger partial charge on any atom is 0.243 e. The zero-order valence-corrected chi connectivity index (χ0v) is 15.3. The van der Waals surface area contributed by atoms with E-state index in [4.69, 9.17) is 0 Å². The number of aliphatic hydroxyl groups excluding tert-OH is 1. The quantitative estimate of drug-likeness (QED) is 0.834. The Hall–Kier alpha value is -1.95. The van der Waals surface area contributed by atoms with Crippen molar-refractivity contribution in [3.63, 3.8) is 0 Å². The highest BCUT2D eigenvalue weighted by atomic mass is 32.2. The molecular weight excluding hydrogens is 334 g/mol. The molecule has 3 rings (SSSR count). The molecule has 1 heterocycles. The van der Waals surface area contributed by atoms with Gasteiger partial charge < -0.3 is 5.11 Å². The fourth-order valence-corrected chi connectivity index (χ4v) is 4.87. The number of aliphatic hydroxyl groups is 1. The molecule has 132 valence electrons. The molecule has 1 unspecified atom stereocenters. The predicted octanol–water partition coefficient (Wildman–Crippen LogP) is 3.43. The van der Waals surface area contributed by atoms with Crippen LogP contribution in [0.5, 0.6) is 0 Å². The van der Waals surface area contributed by atoms with Gasteiger partial charge in [0.2, 0.25) is 10.0 Å². The second kappa shape index (κ2) is 7.12. The fraction of sp³-hybridized carbons (Fsp3) is 0.300. The molecule has 1 N–H and O–H groups in total. The van der Waals surface area contributed by atoms with Crippen molar-refractivity contribution in [3.8, 4) is 11.1 Å². The Morgan fingerprint density at radius 2 is 1.80 bits per heavy atom. The van der Waals surface area contributed by atoms with Gasteiger partial charge in [0, 0.05) is 12.6 Å². The molecule has 5 heteroatoms. The molecule has 0 fully saturated rings. The predicted molar refractivity (Wildman–Crippen MR) is 99.5 cm³/mol. The Morgan fingerprint density at radius 3 is 2.48 bits per heavy atom. The Morgan fingerprint density at radius 1 is 1.12 bits per heavy atom. The highest BCUT2D eigenvalue weighted by Gasteiger charge is 2.33. The molecule has 0 saturated carbocycles. The highest BCUT2D eigenvalue weighted by Crippen LogP contribution is 2.29. The largest absolute Gasteiger partial charge is 0.392 e. The van der Waals surface area contributed by atoms with Crippen LogP contribution in [0.15, 0.2) is 65.6 Å². The maximum atomic E-state index is 13.1. The lowest BCUT2D eigenvalue weighted by atomic mass is 10.0. The summed E-state index contributed by atoms with van der Waals surface area (Å²) in [6, 6.07) is 14.4. The van der Waals surface area contributed by atoms with Crippen molar-refractivity contribution >= 4 is 10.0 Å². The van der Waals surface area contributed by atoms with Crippen molar-refractivity contribution in [2.24, 2.45) is 5.92 Å². The van der Waals surface area contributed by atoms with Crippen molar-refractivity contribution in [1.82, 2.24) is 4.31 Å². The summed E-state index contributed by atoms with van der Waals surface area (Å²) < 4.78 is 27.8. The first kappa shape index (κ1) is 17.9. The van der Waals surface area contributed by atoms with Gasteiger partial charge in [-0.1, -0.05) is 56.3 Å². The molecule has 0 bridgehead atoms. The summed E-state index contributed by atoms with van der Waals surface area (Å²) in [5.41, 5.74) is 2.52. The van der Waals surface area contributed by atoms with Gasteiger partial charge in [-0.2, -0.15) is 4.31 Å². The SMILES string of the molecule is CC(C)C1C=CCN1S(=O)(=O)c1cccc(-c2cccc(CO)c2)c1. The van der Waals surface area contributed by atoms with Gasteiger partial charge in [-0.15, -0.1) is 0 Å². The normalized spacial score (nSPS) is 18.2. The minimum atomic E-state index is -3.56. The van der Waals surface area contributed by atoms with E-state index in [0.717, 1.165) is 16.7 Å². The number of nitrogens with zero attached hydrogens (tertiary/aromatic N) is 1. The van der Waals surface area contributed by atoms with Crippen LogP contribution in [-0.2, 0) is 16.6 Å². The maximum absolute atomic E-state index is 13.1. The van der Waals surface area contributed by atoms with Crippen LogP contribution in [0.4, 0.5) is 0 Å². The second-order valence-corrected chi connectivity index (χ2v) is 8.51. The van der Waals surface area contributed by atoms with Crippen molar-refractivity contribution in [2.45, 2.75) is 31.4 Å². The van der Waals surface area contributed by atoms with Crippen molar-refractivity contribution in [1.29, 1.82) is 0 Å². The molecule has 0 amide bonds. The fourth-order valence-electron chi connectivity index (χ4n) is 3.16. The molecule has 0 aromatic heterocycles. The van der Waals surface area contributed by atoms with E-state index < -0.39 is 10.0 Å². The third-order valence-corrected chi connectivity index (χ3v) is 6.38. The van der Waals surface area contributed by atoms with Crippen LogP contribution in [0.3, 0.4) is 0 Å². The van der Waals surface area contributed by atoms with E-state index in [-0.39, 0.29) is 18.6 Å². The molecule has 25 heavy (non-hydrogen) atoms. The topological polar surface area (TPSA) is 57.6 Å². The van der Waals surface area contributed by atoms with Crippen molar-refractivity contribution in [2.75, 3.05) is 6.54 Å². The van der Waals surface area contributed by atoms with E-state index in [1.165, 1.54) is 0 Å². The molecule has 1 aliphatic rings. The van der Waals surface area contributed by atoms with Crippen LogP contribution in [0.25, 0.3) is 11.1 Å². The summed E-state index contributed by atoms with van der Waals surface area (Å²) in [5.74, 6) is 0.220. The molecular formula is C20H23NO3S. The number of benzene rings is 2. The van der Waals surface area contributed by atoms with Crippen LogP contribution in [0, 0.1) is 5.92 Å². The monoisotopic (exact) mass is 357 g/mol. The Kier molecular flexibility index (Phi) is 5.08. The molecule has 2 aromatic rings. The Bertz CT molecular complexity index is 887. The first-order valence-electron chi connectivity index (χ1n) is 8.42. The van der Waals surface area contributed by atoms with Gasteiger partial charge in [0.25, 0.3) is 0 Å². The molecule has 0 saturated heterocycles. The molecule has 1 aliphatic heterocycles. The van der Waals surface area contributed by atoms with Crippen molar-refractivity contribution in [3.05, 3.63) is 66.2 Å². The summed E-state index contributed by atoms with van der Waals surface area (Å²) in [6.07, 6.45) is 3.88. The summed E-state index contributed by atoms with van der Waals surface area (Å²) in [7, 11) is -3.56. The van der Waals surface area contributed by atoms with Crippen LogP contribution in [0.1, 0.15) is 19.4 Å². The Balaban J connectivity index is 1.98. The molecule has 1 atom stereocenters. The number of hydrogen-bond acceptors (Lipinski definition) is 3. The first-order valence-corrected chi connectivity index (χ1v) is 9.86. The molecule has 0 radical (unpaired) electrons. The Labute approximate surface area is 149 Å². The van der Waals surface area contributed by atoms with Crippen LogP contribution in [0.2, 0.25) is 0 Å². The van der Waals surface area contributed by atoms with Crippen LogP contribution >= 0.6 is 0 Å². The zero-order valence-electron chi connectivity index (χ0n) is 14.5. The number of sulfonamides is 1. The van der Waals surface area contributed by atoms with Crippen molar-refractivity contribution < 1.29 is 13.5 Å². The zero-order chi connectivity index (χ0) is 18.0. The van der Waals surface area contributed by atoms with Gasteiger partial charge in [-0.25, -0.2) is 8.42 Å². The second-order valence-electron chi connectivity index (χ2n) is 6.62. The van der Waals surface area contributed by atoms with Gasteiger partial charge in [-0.05, 0) is 40.8 Å². The van der Waals surface area contributed by atoms with Gasteiger partial charge in [0.15, 0.2) is 0 Å². The molecule has 0 aliphatic carbocycles. The standard InChI is InChI=1S/C20H23NO3S/c1-15(2)20-10-5-11-21(20)25(23,24)19-9-4-8-18(13-19)17-7-3-6-16(12-17)14-22/h3-10,12-13,15,20,22H,11,14H2,1-2H3. The van der Waals surface area contributed by atoms with E-state index in [9.17, 15) is 13.5 Å². The lowest BCUT2D eigenvalue weighted by molar-refractivity contribution is 0.282. The summed E-state index contributed by atoms with van der Waals surface area (Å²) in [4.78, 5) is 0.300. The smallest absolute Gasteiger partial charge is 0.243 e. The van der Waals surface area contributed by atoms with Gasteiger partial charge in [0.1, 0.15) is 0 Å². The van der Waals surface area contributed by atoms with Crippen LogP contribution < -0.4 is 0 Å². The molecule has 4 nitrogen and oxygen atoms in total. The summed E-state index contributed by atoms with van der Waals surface area (Å²) >= 11 is 0. The lowest BCUT2D eigenvalue weighted by Gasteiger charge is -2.26. The highest BCUT2D eigenvalue weighted by molar-refractivity contribution is 7.89. The summed E-state index contributed by atoms with van der Waals surface area (Å²) in [5, 5.41) is 9.31. The average Bonchev–Trinajstić information content (AvgIpc) is 3.13. The average molecular weight is 357 g/mol. The minimum absolute atomic E-state index is 0.0403. The van der Waals surface area contributed by atoms with E-state index in [0.29, 0.717) is 11.4 Å². The van der Waals surface area contributed by atoms with Gasteiger partial charge >= 0.3 is 0 Å². The first-order chi connectivity index (χ1) is 11.9. The number of hydrogen-bond donors (Lipinski definition) is 1. The minimum Gasteiger partial charge on any atom is -0.392 e. The van der Waals surface area contributed by atoms with E-state index in [1.807, 2.05) is 56.3 Å². The lowest BCUT2D eigenvalue weighted by Crippen LogP contribution is -2.38. The van der Waals surface area contributed by atoms with E-state index in [1.54, 1.807) is 22.5 Å². The van der Waals surface area contributed by atoms with Crippen LogP contribution in [-0.4, -0.2) is 30.4 Å². The van der Waals surface area contributed by atoms with E-state index >= 15 is 0 Å². The van der Waals surface area contributed by atoms with E-state index in [2.05, 4.69) is 0 Å². The third kappa shape index (κ3) is 3.54. The summed E-state index contributed by atoms with van der Waals surface area (Å²) in [6.45, 7) is 4.43. The van der Waals surface area contributed by atoms with Gasteiger partial charge in [-0.3, -0.25) is 0 Å². The molecule has 2 aromatic carbocycles. The van der Waals surface area contributed by atoms with Gasteiger partial charge in [0.05, 0.1) is 11.5 Å². The third-order valence-electron chi connectivity index (χ3n) is 4.52. The number of rotatable bonds is 5. The molecule has 0 spiro atoms.